The Balaban J connectivity index is 2.61. The predicted molar refractivity (Wildman–Crippen MR) is 87.1 cm³/mol. The van der Waals surface area contributed by atoms with Gasteiger partial charge in [-0.05, 0) is 53.0 Å². The van der Waals surface area contributed by atoms with Crippen LogP contribution in [0.4, 0.5) is 0 Å². The summed E-state index contributed by atoms with van der Waals surface area (Å²) in [7, 11) is -1.55. The molecule has 1 heterocycles. The van der Waals surface area contributed by atoms with Crippen LogP contribution in [0, 0.1) is 5.92 Å². The minimum atomic E-state index is -3.16. The van der Waals surface area contributed by atoms with Crippen LogP contribution >= 0.6 is 0 Å². The van der Waals surface area contributed by atoms with E-state index in [2.05, 4.69) is 4.90 Å². The van der Waals surface area contributed by atoms with Gasteiger partial charge in [0.15, 0.2) is 0 Å². The summed E-state index contributed by atoms with van der Waals surface area (Å²) in [6, 6.07) is -0.300. The molecule has 0 aromatic heterocycles. The molecule has 0 saturated carbocycles. The molecule has 0 bridgehead atoms. The molecule has 2 atom stereocenters. The maximum Gasteiger partial charge on any atom is 0.323 e. The Labute approximate surface area is 134 Å². The summed E-state index contributed by atoms with van der Waals surface area (Å²) in [4.78, 5) is 14.3. The molecule has 0 spiro atoms. The number of piperidine rings is 1. The van der Waals surface area contributed by atoms with Crippen molar-refractivity contribution in [1.82, 2.24) is 9.21 Å². The van der Waals surface area contributed by atoms with Gasteiger partial charge in [0.05, 0.1) is 6.26 Å². The van der Waals surface area contributed by atoms with E-state index in [9.17, 15) is 13.2 Å². The predicted octanol–water partition coefficient (Wildman–Crippen LogP) is 1.32. The standard InChI is InChI=1S/C15H30N2O4S/c1-12(14(18)21-15(2,3)4)17-9-7-8-13(11-17)10-16(5)22(6,19)20/h12-13H,7-11H2,1-6H3/t12-,13-/m0/s1. The van der Waals surface area contributed by atoms with Crippen molar-refractivity contribution >= 4 is 16.0 Å². The monoisotopic (exact) mass is 334 g/mol. The molecular formula is C15H30N2O4S. The van der Waals surface area contributed by atoms with Crippen LogP contribution in [0.3, 0.4) is 0 Å². The molecule has 0 radical (unpaired) electrons. The summed E-state index contributed by atoms with van der Waals surface area (Å²) in [5.74, 6) is 0.0305. The zero-order chi connectivity index (χ0) is 17.1. The number of carbonyl (C=O) groups is 1. The molecule has 0 aromatic carbocycles. The van der Waals surface area contributed by atoms with Gasteiger partial charge in [-0.1, -0.05) is 0 Å². The van der Waals surface area contributed by atoms with Gasteiger partial charge in [0.25, 0.3) is 0 Å². The van der Waals surface area contributed by atoms with E-state index in [1.165, 1.54) is 10.6 Å². The fraction of sp³-hybridized carbons (Fsp3) is 0.933. The number of likely N-dealkylation sites (tertiary alicyclic amines) is 1. The van der Waals surface area contributed by atoms with Crippen molar-refractivity contribution in [2.45, 2.75) is 52.2 Å². The average molecular weight is 334 g/mol. The van der Waals surface area contributed by atoms with Crippen LogP contribution in [-0.2, 0) is 19.6 Å². The molecule has 1 aliphatic rings. The highest BCUT2D eigenvalue weighted by Crippen LogP contribution is 2.21. The number of nitrogens with zero attached hydrogens (tertiary/aromatic N) is 2. The molecule has 6 nitrogen and oxygen atoms in total. The van der Waals surface area contributed by atoms with E-state index in [0.717, 1.165) is 25.9 Å². The van der Waals surface area contributed by atoms with Crippen molar-refractivity contribution in [3.63, 3.8) is 0 Å². The van der Waals surface area contributed by atoms with Gasteiger partial charge < -0.3 is 4.74 Å². The number of hydrogen-bond donors (Lipinski definition) is 0. The minimum Gasteiger partial charge on any atom is -0.459 e. The number of rotatable bonds is 5. The smallest absolute Gasteiger partial charge is 0.323 e. The van der Waals surface area contributed by atoms with Crippen LogP contribution in [-0.4, -0.2) is 68.2 Å². The summed E-state index contributed by atoms with van der Waals surface area (Å²) in [6.45, 7) is 9.50. The van der Waals surface area contributed by atoms with E-state index in [4.69, 9.17) is 4.74 Å². The van der Waals surface area contributed by atoms with Gasteiger partial charge >= 0.3 is 5.97 Å². The second-order valence-corrected chi connectivity index (χ2v) is 9.35. The third kappa shape index (κ3) is 6.22. The first-order chi connectivity index (χ1) is 9.90. The maximum absolute atomic E-state index is 12.2. The fourth-order valence-electron chi connectivity index (χ4n) is 2.63. The lowest BCUT2D eigenvalue weighted by Crippen LogP contribution is -2.49. The molecule has 130 valence electrons. The van der Waals surface area contributed by atoms with Crippen LogP contribution < -0.4 is 0 Å². The molecule has 0 aliphatic carbocycles. The molecule has 0 N–H and O–H groups in total. The summed E-state index contributed by atoms with van der Waals surface area (Å²) in [5.41, 5.74) is -0.489. The zero-order valence-electron chi connectivity index (χ0n) is 14.6. The summed E-state index contributed by atoms with van der Waals surface area (Å²) in [5, 5.41) is 0. The number of hydrogen-bond acceptors (Lipinski definition) is 5. The minimum absolute atomic E-state index is 0.218. The van der Waals surface area contributed by atoms with Crippen LogP contribution in [0.1, 0.15) is 40.5 Å². The van der Waals surface area contributed by atoms with Crippen LogP contribution in [0.25, 0.3) is 0 Å². The molecule has 1 saturated heterocycles. The average Bonchev–Trinajstić information content (AvgIpc) is 2.35. The van der Waals surface area contributed by atoms with E-state index in [1.54, 1.807) is 7.05 Å². The molecule has 1 rings (SSSR count). The number of ether oxygens (including phenoxy) is 1. The van der Waals surface area contributed by atoms with E-state index >= 15 is 0 Å². The van der Waals surface area contributed by atoms with E-state index in [0.29, 0.717) is 6.54 Å². The van der Waals surface area contributed by atoms with Crippen molar-refractivity contribution in [3.8, 4) is 0 Å². The second kappa shape index (κ2) is 7.27. The van der Waals surface area contributed by atoms with Gasteiger partial charge in [0.1, 0.15) is 11.6 Å². The number of carbonyl (C=O) groups excluding carboxylic acids is 1. The molecule has 1 fully saturated rings. The van der Waals surface area contributed by atoms with Gasteiger partial charge in [0.2, 0.25) is 10.0 Å². The largest absolute Gasteiger partial charge is 0.459 e. The molecule has 1 aliphatic heterocycles. The SMILES string of the molecule is C[C@@H](C(=O)OC(C)(C)C)N1CCC[C@@H](CN(C)S(C)(=O)=O)C1. The lowest BCUT2D eigenvalue weighted by atomic mass is 9.97. The van der Waals surface area contributed by atoms with Crippen LogP contribution in [0.2, 0.25) is 0 Å². The molecule has 0 amide bonds. The topological polar surface area (TPSA) is 66.9 Å². The Morgan fingerprint density at radius 2 is 2.00 bits per heavy atom. The summed E-state index contributed by atoms with van der Waals surface area (Å²) in [6.07, 6.45) is 3.17. The van der Waals surface area contributed by atoms with Gasteiger partial charge in [-0.15, -0.1) is 0 Å². The van der Waals surface area contributed by atoms with Gasteiger partial charge in [-0.2, -0.15) is 0 Å². The molecule has 0 aromatic rings. The Kier molecular flexibility index (Phi) is 6.41. The molecule has 7 heteroatoms. The third-order valence-corrected chi connectivity index (χ3v) is 5.21. The zero-order valence-corrected chi connectivity index (χ0v) is 15.4. The van der Waals surface area contributed by atoms with E-state index in [-0.39, 0.29) is 17.9 Å². The fourth-order valence-corrected chi connectivity index (χ4v) is 3.11. The Morgan fingerprint density at radius 3 is 2.50 bits per heavy atom. The first-order valence-corrected chi connectivity index (χ1v) is 9.63. The highest BCUT2D eigenvalue weighted by atomic mass is 32.2. The van der Waals surface area contributed by atoms with Gasteiger partial charge in [-0.25, -0.2) is 12.7 Å². The summed E-state index contributed by atoms with van der Waals surface area (Å²) < 4.78 is 29.9. The Hall–Kier alpha value is -0.660. The van der Waals surface area contributed by atoms with Crippen LogP contribution in [0.5, 0.6) is 0 Å². The molecular weight excluding hydrogens is 304 g/mol. The van der Waals surface area contributed by atoms with Crippen molar-refractivity contribution < 1.29 is 17.9 Å². The lowest BCUT2D eigenvalue weighted by molar-refractivity contribution is -0.161. The van der Waals surface area contributed by atoms with Crippen molar-refractivity contribution in [3.05, 3.63) is 0 Å². The highest BCUT2D eigenvalue weighted by Gasteiger charge is 2.31. The van der Waals surface area contributed by atoms with E-state index in [1.807, 2.05) is 27.7 Å². The second-order valence-electron chi connectivity index (χ2n) is 7.26. The molecule has 22 heavy (non-hydrogen) atoms. The number of sulfonamides is 1. The molecule has 0 unspecified atom stereocenters. The third-order valence-electron chi connectivity index (χ3n) is 3.93. The normalized spacial score (nSPS) is 22.6. The first kappa shape index (κ1) is 19.4. The Morgan fingerprint density at radius 1 is 1.41 bits per heavy atom. The van der Waals surface area contributed by atoms with Crippen molar-refractivity contribution in [1.29, 1.82) is 0 Å². The lowest BCUT2D eigenvalue weighted by Gasteiger charge is -2.37. The van der Waals surface area contributed by atoms with E-state index < -0.39 is 15.6 Å². The number of esters is 1. The maximum atomic E-state index is 12.2. The first-order valence-electron chi connectivity index (χ1n) is 7.78. The van der Waals surface area contributed by atoms with Gasteiger partial charge in [-0.3, -0.25) is 9.69 Å². The summed E-state index contributed by atoms with van der Waals surface area (Å²) >= 11 is 0. The quantitative estimate of drug-likeness (QED) is 0.710. The van der Waals surface area contributed by atoms with Crippen molar-refractivity contribution in [2.75, 3.05) is 32.9 Å². The highest BCUT2D eigenvalue weighted by molar-refractivity contribution is 7.88. The Bertz CT molecular complexity index is 484. The van der Waals surface area contributed by atoms with Crippen LogP contribution in [0.15, 0.2) is 0 Å². The van der Waals surface area contributed by atoms with Crippen molar-refractivity contribution in [2.24, 2.45) is 5.92 Å². The van der Waals surface area contributed by atoms with Gasteiger partial charge in [0, 0.05) is 20.1 Å².